The van der Waals surface area contributed by atoms with E-state index in [0.717, 1.165) is 0 Å². The minimum Gasteiger partial charge on any atom is -0.507 e. The summed E-state index contributed by atoms with van der Waals surface area (Å²) >= 11 is 0. The van der Waals surface area contributed by atoms with Crippen LogP contribution >= 0.6 is 0 Å². The number of ketones is 1. The number of Topliss-reactive ketones (excluding diaryl/α,β-unsaturated/α-hetero) is 1. The number of non-ortho nitro benzene ring substituents is 1. The molecule has 3 aliphatic rings. The van der Waals surface area contributed by atoms with E-state index < -0.39 is 10.8 Å². The van der Waals surface area contributed by atoms with E-state index in [-0.39, 0.29) is 35.4 Å². The van der Waals surface area contributed by atoms with Gasteiger partial charge < -0.3 is 19.3 Å². The molecule has 1 aliphatic carbocycles. The molecule has 0 radical (unpaired) electrons. The number of rotatable bonds is 5. The van der Waals surface area contributed by atoms with E-state index in [1.54, 1.807) is 61.4 Å². The van der Waals surface area contributed by atoms with Crippen molar-refractivity contribution < 1.29 is 29.0 Å². The zero-order chi connectivity index (χ0) is 28.8. The van der Waals surface area contributed by atoms with Crippen LogP contribution in [0.5, 0.6) is 17.2 Å². The molecule has 0 aromatic heterocycles. The fourth-order valence-electron chi connectivity index (χ4n) is 5.74. The molecule has 6 rings (SSSR count). The zero-order valence-electron chi connectivity index (χ0n) is 22.5. The number of aliphatic hydroxyl groups is 1. The maximum absolute atomic E-state index is 13.7. The first kappa shape index (κ1) is 26.1. The van der Waals surface area contributed by atoms with Crippen molar-refractivity contribution in [1.29, 1.82) is 5.41 Å². The molecule has 2 heterocycles. The summed E-state index contributed by atoms with van der Waals surface area (Å²) in [6.07, 6.45) is 1.38. The third-order valence-corrected chi connectivity index (χ3v) is 7.75. The fraction of sp³-hybridized carbons (Fsp3) is 0.226. The summed E-state index contributed by atoms with van der Waals surface area (Å²) < 4.78 is 16.4. The predicted octanol–water partition coefficient (Wildman–Crippen LogP) is 6.20. The molecule has 3 aromatic rings. The lowest BCUT2D eigenvalue weighted by molar-refractivity contribution is -0.384. The third kappa shape index (κ3) is 4.37. The lowest BCUT2D eigenvalue weighted by atomic mass is 9.73. The third-order valence-electron chi connectivity index (χ3n) is 7.75. The largest absolute Gasteiger partial charge is 0.507 e. The smallest absolute Gasteiger partial charge is 0.271 e. The summed E-state index contributed by atoms with van der Waals surface area (Å²) in [4.78, 5) is 26.5. The first-order chi connectivity index (χ1) is 19.8. The number of hydrogen-bond acceptors (Lipinski definition) is 8. The molecule has 0 fully saturated rings. The highest BCUT2D eigenvalue weighted by Gasteiger charge is 2.44. The molecule has 0 saturated heterocycles. The Kier molecular flexibility index (Phi) is 6.45. The number of benzene rings is 3. The first-order valence-corrected chi connectivity index (χ1v) is 13.2. The molecule has 208 valence electrons. The standard InChI is InChI=1S/C31H27N3O7/c1-17-6-10-20(34(37)38)15-23(17)33-22-4-3-5-24(35)28(22)27(19-9-13-25-26(14-19)41-16-40-25)29(31(33)32)30(36)18-7-11-21(39-2)12-8-18/h6-15,27,32,36H,3-5,16H2,1-2H3/t27-/m1/s1. The number of allylic oxidation sites excluding steroid dienone is 2. The number of ether oxygens (including phenoxy) is 3. The van der Waals surface area contributed by atoms with Crippen molar-refractivity contribution in [3.8, 4) is 17.2 Å². The van der Waals surface area contributed by atoms with E-state index in [9.17, 15) is 25.4 Å². The highest BCUT2D eigenvalue weighted by Crippen LogP contribution is 2.50. The lowest BCUT2D eigenvalue weighted by Crippen LogP contribution is -2.42. The normalized spacial score (nSPS) is 19.3. The van der Waals surface area contributed by atoms with Gasteiger partial charge in [0.1, 0.15) is 17.3 Å². The van der Waals surface area contributed by atoms with Gasteiger partial charge in [0.2, 0.25) is 6.79 Å². The zero-order valence-corrected chi connectivity index (χ0v) is 22.5. The topological polar surface area (TPSA) is 135 Å². The summed E-state index contributed by atoms with van der Waals surface area (Å²) in [7, 11) is 1.54. The van der Waals surface area contributed by atoms with Crippen LogP contribution < -0.4 is 19.1 Å². The van der Waals surface area contributed by atoms with E-state index in [1.807, 2.05) is 6.07 Å². The highest BCUT2D eigenvalue weighted by molar-refractivity contribution is 6.20. The molecule has 0 spiro atoms. The van der Waals surface area contributed by atoms with Crippen LogP contribution in [0.25, 0.3) is 5.76 Å². The summed E-state index contributed by atoms with van der Waals surface area (Å²) in [5.41, 5.74) is 3.31. The van der Waals surface area contributed by atoms with Crippen molar-refractivity contribution in [2.24, 2.45) is 0 Å². The van der Waals surface area contributed by atoms with E-state index in [0.29, 0.717) is 70.2 Å². The number of aliphatic hydroxyl groups excluding tert-OH is 1. The second-order valence-electron chi connectivity index (χ2n) is 10.1. The SMILES string of the molecule is COc1ccc(C(O)=C2C(=N)N(c3cc([N+](=O)[O-])ccc3C)C3=C(C(=O)CCC3)[C@H]2c2ccc3c(c2)OCO3)cc1. The van der Waals surface area contributed by atoms with Crippen molar-refractivity contribution in [3.63, 3.8) is 0 Å². The molecule has 10 heteroatoms. The van der Waals surface area contributed by atoms with Gasteiger partial charge in [-0.2, -0.15) is 0 Å². The number of hydrogen-bond donors (Lipinski definition) is 2. The number of nitro benzene ring substituents is 1. The van der Waals surface area contributed by atoms with Crippen molar-refractivity contribution in [2.75, 3.05) is 18.8 Å². The minimum absolute atomic E-state index is 0.0713. The van der Waals surface area contributed by atoms with E-state index in [2.05, 4.69) is 0 Å². The fourth-order valence-corrected chi connectivity index (χ4v) is 5.74. The molecule has 0 unspecified atom stereocenters. The monoisotopic (exact) mass is 553 g/mol. The Labute approximate surface area is 235 Å². The average Bonchev–Trinajstić information content (AvgIpc) is 3.45. The summed E-state index contributed by atoms with van der Waals surface area (Å²) in [5.74, 6) is 0.546. The number of amidine groups is 1. The molecule has 3 aromatic carbocycles. The number of fused-ring (bicyclic) bond motifs is 1. The number of nitrogens with zero attached hydrogens (tertiary/aromatic N) is 2. The number of carbonyl (C=O) groups excluding carboxylic acids is 1. The van der Waals surface area contributed by atoms with Crippen LogP contribution in [0.2, 0.25) is 0 Å². The molecule has 0 amide bonds. The summed E-state index contributed by atoms with van der Waals surface area (Å²) in [5, 5.41) is 33.0. The molecule has 2 N–H and O–H groups in total. The maximum atomic E-state index is 13.7. The molecule has 2 aliphatic heterocycles. The van der Waals surface area contributed by atoms with Crippen LogP contribution in [0.15, 0.2) is 77.5 Å². The lowest BCUT2D eigenvalue weighted by Gasteiger charge is -2.42. The summed E-state index contributed by atoms with van der Waals surface area (Å²) in [6.45, 7) is 1.87. The molecule has 0 bridgehead atoms. The van der Waals surface area contributed by atoms with Crippen molar-refractivity contribution in [1.82, 2.24) is 0 Å². The number of carbonyl (C=O) groups is 1. The number of methoxy groups -OCH3 is 1. The van der Waals surface area contributed by atoms with Crippen LogP contribution in [-0.2, 0) is 4.79 Å². The van der Waals surface area contributed by atoms with Gasteiger partial charge >= 0.3 is 0 Å². The number of nitrogens with one attached hydrogen (secondary N) is 1. The second-order valence-corrected chi connectivity index (χ2v) is 10.1. The molecular formula is C31H27N3O7. The Morgan fingerprint density at radius 3 is 2.56 bits per heavy atom. The Morgan fingerprint density at radius 2 is 1.83 bits per heavy atom. The van der Waals surface area contributed by atoms with E-state index in [4.69, 9.17) is 14.2 Å². The Bertz CT molecular complexity index is 1670. The average molecular weight is 554 g/mol. The Hall–Kier alpha value is -5.12. The predicted molar refractivity (Wildman–Crippen MR) is 152 cm³/mol. The quantitative estimate of drug-likeness (QED) is 0.217. The maximum Gasteiger partial charge on any atom is 0.271 e. The summed E-state index contributed by atoms with van der Waals surface area (Å²) in [6, 6.07) is 16.6. The molecule has 0 saturated carbocycles. The van der Waals surface area contributed by atoms with E-state index in [1.165, 1.54) is 12.1 Å². The van der Waals surface area contributed by atoms with Gasteiger partial charge in [-0.15, -0.1) is 0 Å². The number of anilines is 1. The van der Waals surface area contributed by atoms with Crippen LogP contribution in [0, 0.1) is 22.4 Å². The van der Waals surface area contributed by atoms with Gasteiger partial charge in [0.05, 0.1) is 17.7 Å². The van der Waals surface area contributed by atoms with Crippen LogP contribution in [0.3, 0.4) is 0 Å². The van der Waals surface area contributed by atoms with Gasteiger partial charge in [0, 0.05) is 46.9 Å². The number of nitro groups is 1. The van der Waals surface area contributed by atoms with E-state index >= 15 is 0 Å². The first-order valence-electron chi connectivity index (χ1n) is 13.2. The molecule has 1 atom stereocenters. The minimum atomic E-state index is -0.780. The van der Waals surface area contributed by atoms with Crippen LogP contribution in [0.1, 0.15) is 41.9 Å². The van der Waals surface area contributed by atoms with Crippen molar-refractivity contribution in [2.45, 2.75) is 32.1 Å². The van der Waals surface area contributed by atoms with Gasteiger partial charge in [0.25, 0.3) is 5.69 Å². The molecule has 41 heavy (non-hydrogen) atoms. The Morgan fingerprint density at radius 1 is 1.07 bits per heavy atom. The van der Waals surface area contributed by atoms with Gasteiger partial charge in [-0.3, -0.25) is 25.2 Å². The van der Waals surface area contributed by atoms with Gasteiger partial charge in [0.15, 0.2) is 17.3 Å². The van der Waals surface area contributed by atoms with Gasteiger partial charge in [-0.05, 0) is 67.3 Å². The molecular weight excluding hydrogens is 526 g/mol. The van der Waals surface area contributed by atoms with Gasteiger partial charge in [-0.1, -0.05) is 12.1 Å². The second kappa shape index (κ2) is 10.1. The van der Waals surface area contributed by atoms with Gasteiger partial charge in [-0.25, -0.2) is 0 Å². The molecule has 10 nitrogen and oxygen atoms in total. The highest BCUT2D eigenvalue weighted by atomic mass is 16.7. The van der Waals surface area contributed by atoms with Crippen molar-refractivity contribution >= 4 is 28.8 Å². The Balaban J connectivity index is 1.65. The number of aryl methyl sites for hydroxylation is 1. The van der Waals surface area contributed by atoms with Crippen LogP contribution in [-0.4, -0.2) is 35.6 Å². The van der Waals surface area contributed by atoms with Crippen LogP contribution in [0.4, 0.5) is 11.4 Å². The van der Waals surface area contributed by atoms with Crippen molar-refractivity contribution in [3.05, 3.63) is 104 Å².